The fraction of sp³-hybridized carbons (Fsp3) is 0.929. The summed E-state index contributed by atoms with van der Waals surface area (Å²) in [4.78, 5) is 13.9. The summed E-state index contributed by atoms with van der Waals surface area (Å²) in [6, 6.07) is 0.419. The van der Waals surface area contributed by atoms with E-state index in [9.17, 15) is 4.79 Å². The van der Waals surface area contributed by atoms with Gasteiger partial charge in [-0.15, -0.1) is 0 Å². The molecule has 18 heavy (non-hydrogen) atoms. The Morgan fingerprint density at radius 1 is 1.33 bits per heavy atom. The minimum atomic E-state index is 0.293. The molecule has 0 aromatic heterocycles. The second kappa shape index (κ2) is 7.10. The molecular formula is C14H26N2O2. The Balaban J connectivity index is 1.63. The van der Waals surface area contributed by atoms with Crippen molar-refractivity contribution in [1.82, 2.24) is 10.2 Å². The molecule has 0 aromatic carbocycles. The summed E-state index contributed by atoms with van der Waals surface area (Å²) in [6.07, 6.45) is 6.48. The minimum absolute atomic E-state index is 0.293. The lowest BCUT2D eigenvalue weighted by Crippen LogP contribution is -2.34. The van der Waals surface area contributed by atoms with Gasteiger partial charge in [-0.05, 0) is 44.6 Å². The average molecular weight is 254 g/mol. The molecule has 1 amide bonds. The van der Waals surface area contributed by atoms with Gasteiger partial charge >= 0.3 is 0 Å². The number of ether oxygens (including phenoxy) is 1. The summed E-state index contributed by atoms with van der Waals surface area (Å²) in [5.41, 5.74) is 0. The van der Waals surface area contributed by atoms with Crippen LogP contribution < -0.4 is 5.32 Å². The number of carbonyl (C=O) groups excluding carboxylic acids is 1. The molecule has 4 heteroatoms. The molecule has 0 radical (unpaired) electrons. The first-order chi connectivity index (χ1) is 8.75. The van der Waals surface area contributed by atoms with E-state index in [0.717, 1.165) is 57.9 Å². The van der Waals surface area contributed by atoms with Crippen molar-refractivity contribution in [3.8, 4) is 0 Å². The van der Waals surface area contributed by atoms with Crippen molar-refractivity contribution in [3.63, 3.8) is 0 Å². The van der Waals surface area contributed by atoms with Crippen LogP contribution >= 0.6 is 0 Å². The predicted octanol–water partition coefficient (Wildman–Crippen LogP) is 1.40. The van der Waals surface area contributed by atoms with Gasteiger partial charge in [0, 0.05) is 39.3 Å². The van der Waals surface area contributed by atoms with Crippen LogP contribution in [0, 0.1) is 5.92 Å². The largest absolute Gasteiger partial charge is 0.381 e. The molecule has 1 N–H and O–H groups in total. The van der Waals surface area contributed by atoms with Gasteiger partial charge in [-0.25, -0.2) is 0 Å². The summed E-state index contributed by atoms with van der Waals surface area (Å²) in [6.45, 7) is 3.77. The molecule has 4 nitrogen and oxygen atoms in total. The topological polar surface area (TPSA) is 41.6 Å². The highest BCUT2D eigenvalue weighted by atomic mass is 16.5. The van der Waals surface area contributed by atoms with E-state index in [4.69, 9.17) is 4.74 Å². The SMILES string of the molecule is CN(CCC1CCOCC1)C(=O)CC1CCCN1. The number of nitrogens with one attached hydrogen (secondary N) is 1. The highest BCUT2D eigenvalue weighted by Crippen LogP contribution is 2.19. The third-order valence-corrected chi connectivity index (χ3v) is 4.22. The van der Waals surface area contributed by atoms with Crippen LogP contribution in [0.15, 0.2) is 0 Å². The summed E-state index contributed by atoms with van der Waals surface area (Å²) in [5, 5.41) is 3.38. The van der Waals surface area contributed by atoms with E-state index in [0.29, 0.717) is 18.4 Å². The molecule has 104 valence electrons. The number of hydrogen-bond donors (Lipinski definition) is 1. The maximum Gasteiger partial charge on any atom is 0.223 e. The molecule has 0 saturated carbocycles. The zero-order chi connectivity index (χ0) is 12.8. The molecule has 0 aliphatic carbocycles. The number of amides is 1. The Kier molecular flexibility index (Phi) is 5.45. The molecule has 2 saturated heterocycles. The maximum absolute atomic E-state index is 12.0. The van der Waals surface area contributed by atoms with Crippen LogP contribution in [0.25, 0.3) is 0 Å². The first kappa shape index (κ1) is 13.8. The normalized spacial score (nSPS) is 25.3. The lowest BCUT2D eigenvalue weighted by Gasteiger charge is -2.25. The molecule has 0 aromatic rings. The van der Waals surface area contributed by atoms with E-state index in [2.05, 4.69) is 5.32 Å². The second-order valence-electron chi connectivity index (χ2n) is 5.66. The number of rotatable bonds is 5. The third kappa shape index (κ3) is 4.25. The smallest absolute Gasteiger partial charge is 0.223 e. The third-order valence-electron chi connectivity index (χ3n) is 4.22. The summed E-state index contributed by atoms with van der Waals surface area (Å²) in [5.74, 6) is 1.04. The molecule has 2 heterocycles. The molecule has 2 aliphatic rings. The Morgan fingerprint density at radius 2 is 2.11 bits per heavy atom. The van der Waals surface area contributed by atoms with Crippen molar-refractivity contribution >= 4 is 5.91 Å². The predicted molar refractivity (Wildman–Crippen MR) is 71.4 cm³/mol. The fourth-order valence-electron chi connectivity index (χ4n) is 2.83. The number of nitrogens with zero attached hydrogens (tertiary/aromatic N) is 1. The van der Waals surface area contributed by atoms with Gasteiger partial charge in [0.25, 0.3) is 0 Å². The quantitative estimate of drug-likeness (QED) is 0.806. The van der Waals surface area contributed by atoms with Crippen molar-refractivity contribution in [1.29, 1.82) is 0 Å². The Morgan fingerprint density at radius 3 is 2.78 bits per heavy atom. The molecule has 2 aliphatic heterocycles. The Labute approximate surface area is 110 Å². The highest BCUT2D eigenvalue weighted by Gasteiger charge is 2.21. The van der Waals surface area contributed by atoms with Crippen LogP contribution in [-0.2, 0) is 9.53 Å². The molecule has 2 rings (SSSR count). The van der Waals surface area contributed by atoms with Crippen molar-refractivity contribution in [2.75, 3.05) is 33.4 Å². The van der Waals surface area contributed by atoms with Crippen LogP contribution in [0.3, 0.4) is 0 Å². The lowest BCUT2D eigenvalue weighted by atomic mass is 9.96. The lowest BCUT2D eigenvalue weighted by molar-refractivity contribution is -0.130. The van der Waals surface area contributed by atoms with Gasteiger partial charge in [-0.3, -0.25) is 4.79 Å². The fourth-order valence-corrected chi connectivity index (χ4v) is 2.83. The van der Waals surface area contributed by atoms with Crippen LogP contribution in [0.4, 0.5) is 0 Å². The number of hydrogen-bond acceptors (Lipinski definition) is 3. The van der Waals surface area contributed by atoms with Gasteiger partial charge in [0.15, 0.2) is 0 Å². The van der Waals surface area contributed by atoms with Crippen LogP contribution in [0.1, 0.15) is 38.5 Å². The average Bonchev–Trinajstić information content (AvgIpc) is 2.90. The van der Waals surface area contributed by atoms with Crippen LogP contribution in [0.2, 0.25) is 0 Å². The number of carbonyl (C=O) groups is 1. The van der Waals surface area contributed by atoms with Crippen molar-refractivity contribution in [2.45, 2.75) is 44.6 Å². The maximum atomic E-state index is 12.0. The molecule has 0 spiro atoms. The molecule has 2 fully saturated rings. The summed E-state index contributed by atoms with van der Waals surface area (Å²) in [7, 11) is 1.94. The van der Waals surface area contributed by atoms with E-state index in [1.807, 2.05) is 11.9 Å². The van der Waals surface area contributed by atoms with Gasteiger partial charge in [0.1, 0.15) is 0 Å². The van der Waals surface area contributed by atoms with E-state index in [1.54, 1.807) is 0 Å². The summed E-state index contributed by atoms with van der Waals surface area (Å²) >= 11 is 0. The minimum Gasteiger partial charge on any atom is -0.381 e. The standard InChI is InChI=1S/C14H26N2O2/c1-16(8-4-12-5-9-18-10-6-12)14(17)11-13-3-2-7-15-13/h12-13,15H,2-11H2,1H3. The molecule has 0 bridgehead atoms. The van der Waals surface area contributed by atoms with Crippen molar-refractivity contribution in [2.24, 2.45) is 5.92 Å². The van der Waals surface area contributed by atoms with Gasteiger partial charge in [-0.1, -0.05) is 0 Å². The zero-order valence-electron chi connectivity index (χ0n) is 11.5. The molecular weight excluding hydrogens is 228 g/mol. The monoisotopic (exact) mass is 254 g/mol. The van der Waals surface area contributed by atoms with Crippen LogP contribution in [-0.4, -0.2) is 50.2 Å². The Hall–Kier alpha value is -0.610. The van der Waals surface area contributed by atoms with Gasteiger partial charge < -0.3 is 15.0 Å². The van der Waals surface area contributed by atoms with E-state index < -0.39 is 0 Å². The van der Waals surface area contributed by atoms with Crippen molar-refractivity contribution < 1.29 is 9.53 Å². The van der Waals surface area contributed by atoms with Crippen molar-refractivity contribution in [3.05, 3.63) is 0 Å². The van der Waals surface area contributed by atoms with Crippen LogP contribution in [0.5, 0.6) is 0 Å². The first-order valence-corrected chi connectivity index (χ1v) is 7.31. The second-order valence-corrected chi connectivity index (χ2v) is 5.66. The van der Waals surface area contributed by atoms with E-state index in [1.165, 1.54) is 6.42 Å². The molecule has 1 atom stereocenters. The van der Waals surface area contributed by atoms with Gasteiger partial charge in [0.2, 0.25) is 5.91 Å². The van der Waals surface area contributed by atoms with Gasteiger partial charge in [-0.2, -0.15) is 0 Å². The first-order valence-electron chi connectivity index (χ1n) is 7.31. The zero-order valence-corrected chi connectivity index (χ0v) is 11.5. The molecule has 1 unspecified atom stereocenters. The highest BCUT2D eigenvalue weighted by molar-refractivity contribution is 5.76. The van der Waals surface area contributed by atoms with Gasteiger partial charge in [0.05, 0.1) is 0 Å². The Bertz CT molecular complexity index is 259. The van der Waals surface area contributed by atoms with E-state index in [-0.39, 0.29) is 0 Å². The van der Waals surface area contributed by atoms with E-state index >= 15 is 0 Å². The summed E-state index contributed by atoms with van der Waals surface area (Å²) < 4.78 is 5.35.